The molecule has 6 nitrogen and oxygen atoms in total. The highest BCUT2D eigenvalue weighted by Crippen LogP contribution is 2.25. The Labute approximate surface area is 130 Å². The van der Waals surface area contributed by atoms with Crippen molar-refractivity contribution in [2.75, 3.05) is 36.8 Å². The van der Waals surface area contributed by atoms with Crippen LogP contribution in [0.15, 0.2) is 18.2 Å². The zero-order chi connectivity index (χ0) is 15.4. The number of carbonyl (C=O) groups excluding carboxylic acids is 2. The second kappa shape index (κ2) is 6.79. The van der Waals surface area contributed by atoms with Crippen LogP contribution in [0.4, 0.5) is 16.2 Å². The van der Waals surface area contributed by atoms with Crippen molar-refractivity contribution in [2.45, 2.75) is 25.7 Å². The van der Waals surface area contributed by atoms with Crippen LogP contribution in [-0.4, -0.2) is 43.0 Å². The maximum Gasteiger partial charge on any atom is 0.319 e. The van der Waals surface area contributed by atoms with E-state index in [2.05, 4.69) is 20.9 Å². The van der Waals surface area contributed by atoms with Gasteiger partial charge in [-0.3, -0.25) is 4.79 Å². The van der Waals surface area contributed by atoms with Crippen molar-refractivity contribution in [3.63, 3.8) is 0 Å². The molecule has 3 amide bonds. The summed E-state index contributed by atoms with van der Waals surface area (Å²) < 4.78 is 0. The molecule has 22 heavy (non-hydrogen) atoms. The number of piperidine rings is 1. The molecule has 0 atom stereocenters. The van der Waals surface area contributed by atoms with Gasteiger partial charge < -0.3 is 20.9 Å². The number of urea groups is 1. The van der Waals surface area contributed by atoms with E-state index < -0.39 is 0 Å². The summed E-state index contributed by atoms with van der Waals surface area (Å²) in [4.78, 5) is 25.6. The van der Waals surface area contributed by atoms with E-state index in [9.17, 15) is 9.59 Å². The Hall–Kier alpha value is -2.08. The molecule has 3 N–H and O–H groups in total. The molecule has 0 bridgehead atoms. The number of benzene rings is 1. The van der Waals surface area contributed by atoms with E-state index in [0.717, 1.165) is 30.9 Å². The minimum Gasteiger partial charge on any atom is -0.337 e. The molecule has 0 aliphatic carbocycles. The van der Waals surface area contributed by atoms with E-state index in [1.165, 1.54) is 19.3 Å². The molecule has 118 valence electrons. The average Bonchev–Trinajstić information content (AvgIpc) is 2.87. The van der Waals surface area contributed by atoms with Crippen LogP contribution in [0.5, 0.6) is 0 Å². The standard InChI is InChI=1S/C16H22N4O2/c21-15-11-12-10-13(4-5-14(12)19-15)18-16(22)17-6-9-20-7-2-1-3-8-20/h4-5,10H,1-3,6-9,11H2,(H,19,21)(H2,17,18,22). The molecule has 1 aromatic rings. The largest absolute Gasteiger partial charge is 0.337 e. The summed E-state index contributed by atoms with van der Waals surface area (Å²) in [6, 6.07) is 5.27. The predicted molar refractivity (Wildman–Crippen MR) is 86.1 cm³/mol. The second-order valence-electron chi connectivity index (χ2n) is 5.88. The van der Waals surface area contributed by atoms with Crippen molar-refractivity contribution < 1.29 is 9.59 Å². The summed E-state index contributed by atoms with van der Waals surface area (Å²) in [5.41, 5.74) is 2.47. The third-order valence-corrected chi connectivity index (χ3v) is 4.15. The van der Waals surface area contributed by atoms with Crippen LogP contribution < -0.4 is 16.0 Å². The molecule has 3 rings (SSSR count). The Morgan fingerprint density at radius 2 is 2.05 bits per heavy atom. The summed E-state index contributed by atoms with van der Waals surface area (Å²) in [5.74, 6) is -0.00173. The highest BCUT2D eigenvalue weighted by atomic mass is 16.2. The molecular formula is C16H22N4O2. The fourth-order valence-corrected chi connectivity index (χ4v) is 2.99. The van der Waals surface area contributed by atoms with E-state index >= 15 is 0 Å². The van der Waals surface area contributed by atoms with E-state index in [4.69, 9.17) is 0 Å². The molecule has 0 spiro atoms. The van der Waals surface area contributed by atoms with Crippen LogP contribution in [0.3, 0.4) is 0 Å². The van der Waals surface area contributed by atoms with Gasteiger partial charge in [0.1, 0.15) is 0 Å². The summed E-state index contributed by atoms with van der Waals surface area (Å²) in [6.45, 7) is 3.82. The number of amides is 3. The maximum atomic E-state index is 11.9. The number of hydrogen-bond acceptors (Lipinski definition) is 3. The number of hydrogen-bond donors (Lipinski definition) is 3. The summed E-state index contributed by atoms with van der Waals surface area (Å²) >= 11 is 0. The predicted octanol–water partition coefficient (Wildman–Crippen LogP) is 1.79. The Bertz CT molecular complexity index is 567. The lowest BCUT2D eigenvalue weighted by Crippen LogP contribution is -2.39. The molecule has 0 aromatic heterocycles. The van der Waals surface area contributed by atoms with Crippen molar-refractivity contribution in [2.24, 2.45) is 0 Å². The molecule has 1 fully saturated rings. The van der Waals surface area contributed by atoms with Crippen LogP contribution in [0.2, 0.25) is 0 Å². The number of nitrogens with one attached hydrogen (secondary N) is 3. The Kier molecular flexibility index (Phi) is 4.58. The second-order valence-corrected chi connectivity index (χ2v) is 5.88. The molecule has 2 aliphatic rings. The highest BCUT2D eigenvalue weighted by molar-refractivity contribution is 6.00. The van der Waals surface area contributed by atoms with Crippen LogP contribution in [0, 0.1) is 0 Å². The first kappa shape index (κ1) is 14.8. The number of anilines is 2. The smallest absolute Gasteiger partial charge is 0.319 e. The van der Waals surface area contributed by atoms with Crippen LogP contribution >= 0.6 is 0 Å². The Balaban J connectivity index is 1.44. The topological polar surface area (TPSA) is 73.5 Å². The fraction of sp³-hybridized carbons (Fsp3) is 0.500. The molecule has 6 heteroatoms. The van der Waals surface area contributed by atoms with Crippen molar-refractivity contribution in [3.8, 4) is 0 Å². The van der Waals surface area contributed by atoms with E-state index in [0.29, 0.717) is 18.7 Å². The van der Waals surface area contributed by atoms with Crippen molar-refractivity contribution >= 4 is 23.3 Å². The number of likely N-dealkylation sites (tertiary alicyclic amines) is 1. The van der Waals surface area contributed by atoms with Crippen LogP contribution in [0.25, 0.3) is 0 Å². The number of carbonyl (C=O) groups is 2. The lowest BCUT2D eigenvalue weighted by Gasteiger charge is -2.26. The third-order valence-electron chi connectivity index (χ3n) is 4.15. The van der Waals surface area contributed by atoms with E-state index in [-0.39, 0.29) is 11.9 Å². The fourth-order valence-electron chi connectivity index (χ4n) is 2.99. The van der Waals surface area contributed by atoms with Crippen molar-refractivity contribution in [1.29, 1.82) is 0 Å². The van der Waals surface area contributed by atoms with Gasteiger partial charge >= 0.3 is 6.03 Å². The van der Waals surface area contributed by atoms with Crippen LogP contribution in [0.1, 0.15) is 24.8 Å². The van der Waals surface area contributed by atoms with E-state index in [1.54, 1.807) is 6.07 Å². The van der Waals surface area contributed by atoms with Gasteiger partial charge in [0, 0.05) is 24.5 Å². The molecule has 1 saturated heterocycles. The quantitative estimate of drug-likeness (QED) is 0.794. The monoisotopic (exact) mass is 302 g/mol. The van der Waals surface area contributed by atoms with Crippen LogP contribution in [-0.2, 0) is 11.2 Å². The number of rotatable bonds is 4. The summed E-state index contributed by atoms with van der Waals surface area (Å²) in [6.07, 6.45) is 4.21. The molecule has 0 radical (unpaired) electrons. The highest BCUT2D eigenvalue weighted by Gasteiger charge is 2.17. The van der Waals surface area contributed by atoms with Gasteiger partial charge in [-0.15, -0.1) is 0 Å². The minimum atomic E-state index is -0.200. The normalized spacial score (nSPS) is 17.7. The molecule has 2 heterocycles. The van der Waals surface area contributed by atoms with Gasteiger partial charge in [0.15, 0.2) is 0 Å². The minimum absolute atomic E-state index is 0.00173. The SMILES string of the molecule is O=C1Cc2cc(NC(=O)NCCN3CCCCC3)ccc2N1. The molecule has 0 unspecified atom stereocenters. The first-order chi connectivity index (χ1) is 10.7. The lowest BCUT2D eigenvalue weighted by atomic mass is 10.1. The molecule has 0 saturated carbocycles. The van der Waals surface area contributed by atoms with Gasteiger partial charge in [0.25, 0.3) is 0 Å². The molecule has 2 aliphatic heterocycles. The third kappa shape index (κ3) is 3.76. The van der Waals surface area contributed by atoms with Gasteiger partial charge in [-0.05, 0) is 49.7 Å². The Morgan fingerprint density at radius 1 is 1.23 bits per heavy atom. The van der Waals surface area contributed by atoms with E-state index in [1.807, 2.05) is 12.1 Å². The van der Waals surface area contributed by atoms with Gasteiger partial charge in [-0.1, -0.05) is 6.42 Å². The molecular weight excluding hydrogens is 280 g/mol. The zero-order valence-corrected chi connectivity index (χ0v) is 12.7. The first-order valence-electron chi connectivity index (χ1n) is 7.91. The lowest BCUT2D eigenvalue weighted by molar-refractivity contribution is -0.115. The van der Waals surface area contributed by atoms with Gasteiger partial charge in [-0.25, -0.2) is 4.79 Å². The van der Waals surface area contributed by atoms with Gasteiger partial charge in [0.2, 0.25) is 5.91 Å². The van der Waals surface area contributed by atoms with Gasteiger partial charge in [0.05, 0.1) is 6.42 Å². The maximum absolute atomic E-state index is 11.9. The van der Waals surface area contributed by atoms with Crippen molar-refractivity contribution in [1.82, 2.24) is 10.2 Å². The summed E-state index contributed by atoms with van der Waals surface area (Å²) in [7, 11) is 0. The Morgan fingerprint density at radius 3 is 2.86 bits per heavy atom. The van der Waals surface area contributed by atoms with Crippen molar-refractivity contribution in [3.05, 3.63) is 23.8 Å². The number of fused-ring (bicyclic) bond motifs is 1. The summed E-state index contributed by atoms with van der Waals surface area (Å²) in [5, 5.41) is 8.47. The average molecular weight is 302 g/mol. The van der Waals surface area contributed by atoms with Gasteiger partial charge in [-0.2, -0.15) is 0 Å². The first-order valence-corrected chi connectivity index (χ1v) is 7.91. The zero-order valence-electron chi connectivity index (χ0n) is 12.7. The molecule has 1 aromatic carbocycles. The number of nitrogens with zero attached hydrogens (tertiary/aromatic N) is 1.